The number of guanidine groups is 1. The van der Waals surface area contributed by atoms with Gasteiger partial charge in [0.15, 0.2) is 5.96 Å². The van der Waals surface area contributed by atoms with Crippen LogP contribution in [-0.2, 0) is 13.1 Å². The van der Waals surface area contributed by atoms with Gasteiger partial charge in [0, 0.05) is 25.2 Å². The van der Waals surface area contributed by atoms with Gasteiger partial charge in [0.05, 0.1) is 24.7 Å². The molecule has 0 fully saturated rings. The van der Waals surface area contributed by atoms with E-state index in [1.165, 1.54) is 5.56 Å². The Morgan fingerprint density at radius 2 is 1.93 bits per heavy atom. The fourth-order valence-electron chi connectivity index (χ4n) is 3.25. The maximum atomic E-state index is 5.48. The van der Waals surface area contributed by atoms with Crippen LogP contribution in [-0.4, -0.2) is 35.7 Å². The van der Waals surface area contributed by atoms with Crippen molar-refractivity contribution in [3.8, 4) is 5.75 Å². The summed E-state index contributed by atoms with van der Waals surface area (Å²) in [5, 5.41) is 6.73. The molecule has 0 atom stereocenters. The number of methoxy groups -OCH3 is 1. The molecule has 0 saturated carbocycles. The lowest BCUT2D eigenvalue weighted by Gasteiger charge is -2.13. The van der Waals surface area contributed by atoms with Crippen LogP contribution in [0.4, 0.5) is 0 Å². The molecule has 1 heterocycles. The molecule has 156 valence electrons. The minimum absolute atomic E-state index is 0. The average Bonchev–Trinajstić information content (AvgIpc) is 3.02. The van der Waals surface area contributed by atoms with Gasteiger partial charge in [0.1, 0.15) is 11.6 Å². The van der Waals surface area contributed by atoms with E-state index in [2.05, 4.69) is 52.2 Å². The number of hydrogen-bond acceptors (Lipinski definition) is 3. The summed E-state index contributed by atoms with van der Waals surface area (Å²) < 4.78 is 7.71. The first-order chi connectivity index (χ1) is 13.6. The molecule has 3 aromatic rings. The molecule has 0 bridgehead atoms. The van der Waals surface area contributed by atoms with Gasteiger partial charge in [0.25, 0.3) is 0 Å². The van der Waals surface area contributed by atoms with Gasteiger partial charge in [-0.15, -0.1) is 24.0 Å². The van der Waals surface area contributed by atoms with E-state index in [4.69, 9.17) is 9.73 Å². The summed E-state index contributed by atoms with van der Waals surface area (Å²) in [6.07, 6.45) is 0. The minimum atomic E-state index is 0. The Morgan fingerprint density at radius 1 is 1.14 bits per heavy atom. The lowest BCUT2D eigenvalue weighted by atomic mass is 10.1. The summed E-state index contributed by atoms with van der Waals surface area (Å²) in [4.78, 5) is 9.34. The third-order valence-corrected chi connectivity index (χ3v) is 4.67. The second-order valence-electron chi connectivity index (χ2n) is 6.74. The molecule has 3 rings (SSSR count). The summed E-state index contributed by atoms with van der Waals surface area (Å²) in [5.74, 6) is 2.70. The number of benzene rings is 2. The first-order valence-electron chi connectivity index (χ1n) is 9.70. The summed E-state index contributed by atoms with van der Waals surface area (Å²) in [6, 6.07) is 14.4. The number of ether oxygens (including phenoxy) is 1. The second-order valence-corrected chi connectivity index (χ2v) is 6.74. The fraction of sp³-hybridized carbons (Fsp3) is 0.364. The SMILES string of the molecule is CCNC(=NCc1ccc(C)cc1OC)NCCn1c(C)nc2ccccc21.I. The molecule has 0 spiro atoms. The molecule has 0 aliphatic rings. The Hall–Kier alpha value is -2.29. The normalized spacial score (nSPS) is 11.2. The van der Waals surface area contributed by atoms with Crippen LogP contribution in [0.2, 0.25) is 0 Å². The smallest absolute Gasteiger partial charge is 0.191 e. The number of hydrogen-bond donors (Lipinski definition) is 2. The monoisotopic (exact) mass is 507 g/mol. The van der Waals surface area contributed by atoms with Gasteiger partial charge in [0.2, 0.25) is 0 Å². The van der Waals surface area contributed by atoms with Crippen LogP contribution in [0.15, 0.2) is 47.5 Å². The lowest BCUT2D eigenvalue weighted by Crippen LogP contribution is -2.38. The molecule has 6 nitrogen and oxygen atoms in total. The Kier molecular flexibility index (Phi) is 8.75. The van der Waals surface area contributed by atoms with E-state index >= 15 is 0 Å². The molecule has 29 heavy (non-hydrogen) atoms. The molecule has 0 aliphatic carbocycles. The quantitative estimate of drug-likeness (QED) is 0.288. The number of imidazole rings is 1. The predicted molar refractivity (Wildman–Crippen MR) is 130 cm³/mol. The van der Waals surface area contributed by atoms with E-state index in [9.17, 15) is 0 Å². The van der Waals surface area contributed by atoms with Crippen LogP contribution in [0.1, 0.15) is 23.9 Å². The fourth-order valence-corrected chi connectivity index (χ4v) is 3.25. The van der Waals surface area contributed by atoms with Gasteiger partial charge in [-0.05, 0) is 44.5 Å². The molecule has 0 amide bonds. The number of aliphatic imine (C=N–C) groups is 1. The third-order valence-electron chi connectivity index (χ3n) is 4.67. The molecule has 0 radical (unpaired) electrons. The summed E-state index contributed by atoms with van der Waals surface area (Å²) in [6.45, 7) is 9.13. The van der Waals surface area contributed by atoms with E-state index in [1.54, 1.807) is 7.11 Å². The highest BCUT2D eigenvalue weighted by atomic mass is 127. The van der Waals surface area contributed by atoms with Crippen molar-refractivity contribution < 1.29 is 4.74 Å². The third kappa shape index (κ3) is 5.85. The number of halogens is 1. The van der Waals surface area contributed by atoms with Gasteiger partial charge < -0.3 is 19.9 Å². The Bertz CT molecular complexity index is 967. The van der Waals surface area contributed by atoms with Gasteiger partial charge in [-0.1, -0.05) is 24.3 Å². The van der Waals surface area contributed by atoms with Crippen LogP contribution in [0, 0.1) is 13.8 Å². The number of aromatic nitrogens is 2. The number of nitrogens with one attached hydrogen (secondary N) is 2. The summed E-state index contributed by atoms with van der Waals surface area (Å²) in [5.41, 5.74) is 4.44. The maximum Gasteiger partial charge on any atom is 0.191 e. The Balaban J connectivity index is 0.00000300. The summed E-state index contributed by atoms with van der Waals surface area (Å²) in [7, 11) is 1.70. The topological polar surface area (TPSA) is 63.5 Å². The standard InChI is InChI=1S/C22H29N5O.HI/c1-5-23-22(25-15-18-11-10-16(2)14-21(18)28-4)24-12-13-27-17(3)26-19-8-6-7-9-20(19)27;/h6-11,14H,5,12-13,15H2,1-4H3,(H2,23,24,25);1H. The van der Waals surface area contributed by atoms with Crippen molar-refractivity contribution in [3.05, 3.63) is 59.4 Å². The number of para-hydroxylation sites is 2. The molecule has 0 aliphatic heterocycles. The van der Waals surface area contributed by atoms with Crippen molar-refractivity contribution >= 4 is 41.0 Å². The number of nitrogens with zero attached hydrogens (tertiary/aromatic N) is 3. The van der Waals surface area contributed by atoms with Crippen molar-refractivity contribution in [1.82, 2.24) is 20.2 Å². The van der Waals surface area contributed by atoms with E-state index in [-0.39, 0.29) is 24.0 Å². The lowest BCUT2D eigenvalue weighted by molar-refractivity contribution is 0.409. The van der Waals surface area contributed by atoms with E-state index in [0.717, 1.165) is 53.8 Å². The predicted octanol–water partition coefficient (Wildman–Crippen LogP) is 4.04. The molecule has 2 aromatic carbocycles. The zero-order chi connectivity index (χ0) is 19.9. The van der Waals surface area contributed by atoms with Crippen molar-refractivity contribution in [1.29, 1.82) is 0 Å². The minimum Gasteiger partial charge on any atom is -0.496 e. The molecule has 1 aromatic heterocycles. The molecular weight excluding hydrogens is 477 g/mol. The molecule has 0 saturated heterocycles. The van der Waals surface area contributed by atoms with Crippen LogP contribution < -0.4 is 15.4 Å². The first kappa shape index (κ1) is 23.0. The highest BCUT2D eigenvalue weighted by Gasteiger charge is 2.07. The van der Waals surface area contributed by atoms with Crippen LogP contribution in [0.25, 0.3) is 11.0 Å². The van der Waals surface area contributed by atoms with Crippen LogP contribution in [0.5, 0.6) is 5.75 Å². The highest BCUT2D eigenvalue weighted by molar-refractivity contribution is 14.0. The first-order valence-corrected chi connectivity index (χ1v) is 9.70. The van der Waals surface area contributed by atoms with E-state index in [0.29, 0.717) is 6.54 Å². The number of aryl methyl sites for hydroxylation is 2. The van der Waals surface area contributed by atoms with Gasteiger partial charge in [-0.3, -0.25) is 0 Å². The zero-order valence-electron chi connectivity index (χ0n) is 17.5. The molecule has 0 unspecified atom stereocenters. The molecule has 7 heteroatoms. The van der Waals surface area contributed by atoms with Gasteiger partial charge in [-0.25, -0.2) is 9.98 Å². The zero-order valence-corrected chi connectivity index (χ0v) is 19.9. The Morgan fingerprint density at radius 3 is 2.69 bits per heavy atom. The molecule has 2 N–H and O–H groups in total. The average molecular weight is 507 g/mol. The van der Waals surface area contributed by atoms with E-state index < -0.39 is 0 Å². The van der Waals surface area contributed by atoms with Crippen molar-refractivity contribution in [3.63, 3.8) is 0 Å². The largest absolute Gasteiger partial charge is 0.496 e. The number of rotatable bonds is 7. The van der Waals surface area contributed by atoms with Crippen molar-refractivity contribution in [2.24, 2.45) is 4.99 Å². The van der Waals surface area contributed by atoms with Gasteiger partial charge >= 0.3 is 0 Å². The van der Waals surface area contributed by atoms with Crippen molar-refractivity contribution in [2.45, 2.75) is 33.9 Å². The maximum absolute atomic E-state index is 5.48. The second kappa shape index (κ2) is 11.0. The van der Waals surface area contributed by atoms with Crippen molar-refractivity contribution in [2.75, 3.05) is 20.2 Å². The van der Waals surface area contributed by atoms with Crippen LogP contribution >= 0.6 is 24.0 Å². The Labute approximate surface area is 189 Å². The van der Waals surface area contributed by atoms with Crippen LogP contribution in [0.3, 0.4) is 0 Å². The highest BCUT2D eigenvalue weighted by Crippen LogP contribution is 2.20. The number of fused-ring (bicyclic) bond motifs is 1. The molecular formula is C22H30IN5O. The summed E-state index contributed by atoms with van der Waals surface area (Å²) >= 11 is 0. The van der Waals surface area contributed by atoms with Gasteiger partial charge in [-0.2, -0.15) is 0 Å². The van der Waals surface area contributed by atoms with E-state index in [1.807, 2.05) is 31.2 Å².